The van der Waals surface area contributed by atoms with Crippen molar-refractivity contribution >= 4 is 11.7 Å². The summed E-state index contributed by atoms with van der Waals surface area (Å²) in [5.74, 6) is 0. The van der Waals surface area contributed by atoms with Crippen molar-refractivity contribution in [3.63, 3.8) is 0 Å². The maximum Gasteiger partial charge on any atom is 0.321 e. The average Bonchev–Trinajstić information content (AvgIpc) is 2.78. The van der Waals surface area contributed by atoms with Gasteiger partial charge >= 0.3 is 6.03 Å². The van der Waals surface area contributed by atoms with E-state index < -0.39 is 5.60 Å². The molecule has 1 aliphatic rings. The van der Waals surface area contributed by atoms with Gasteiger partial charge in [-0.15, -0.1) is 0 Å². The number of hydrogen-bond acceptors (Lipinski definition) is 2. The summed E-state index contributed by atoms with van der Waals surface area (Å²) in [7, 11) is 1.72. The minimum atomic E-state index is -0.695. The fourth-order valence-electron chi connectivity index (χ4n) is 2.56. The molecular formula is C15H22N2O2. The molecule has 1 aromatic carbocycles. The molecule has 2 amide bonds. The van der Waals surface area contributed by atoms with E-state index >= 15 is 0 Å². The van der Waals surface area contributed by atoms with Gasteiger partial charge in [-0.05, 0) is 31.9 Å². The molecule has 1 aliphatic carbocycles. The fourth-order valence-corrected chi connectivity index (χ4v) is 2.56. The number of rotatable bonds is 3. The lowest BCUT2D eigenvalue weighted by molar-refractivity contribution is 0.0262. The summed E-state index contributed by atoms with van der Waals surface area (Å²) in [5, 5.41) is 13.1. The number of aliphatic hydroxyl groups is 1. The molecule has 1 aromatic rings. The molecule has 0 atom stereocenters. The molecule has 1 saturated carbocycles. The molecule has 0 unspecified atom stereocenters. The topological polar surface area (TPSA) is 52.6 Å². The molecule has 4 nitrogen and oxygen atoms in total. The van der Waals surface area contributed by atoms with Crippen molar-refractivity contribution in [3.05, 3.63) is 29.8 Å². The number of nitrogens with one attached hydrogen (secondary N) is 1. The Morgan fingerprint density at radius 3 is 2.47 bits per heavy atom. The summed E-state index contributed by atoms with van der Waals surface area (Å²) in [6.45, 7) is 2.40. The van der Waals surface area contributed by atoms with Gasteiger partial charge in [-0.2, -0.15) is 0 Å². The van der Waals surface area contributed by atoms with Crippen LogP contribution in [-0.4, -0.2) is 35.2 Å². The summed E-state index contributed by atoms with van der Waals surface area (Å²) in [6, 6.07) is 7.50. The van der Waals surface area contributed by atoms with Crippen molar-refractivity contribution in [2.75, 3.05) is 18.9 Å². The fraction of sp³-hybridized carbons (Fsp3) is 0.533. The molecule has 0 aliphatic heterocycles. The zero-order valence-electron chi connectivity index (χ0n) is 11.6. The monoisotopic (exact) mass is 262 g/mol. The molecule has 19 heavy (non-hydrogen) atoms. The summed E-state index contributed by atoms with van der Waals surface area (Å²) >= 11 is 0. The molecule has 0 aromatic heterocycles. The van der Waals surface area contributed by atoms with Crippen molar-refractivity contribution in [3.8, 4) is 0 Å². The molecule has 0 heterocycles. The first kappa shape index (κ1) is 13.9. The van der Waals surface area contributed by atoms with Gasteiger partial charge in [-0.3, -0.25) is 0 Å². The molecule has 0 spiro atoms. The number of likely N-dealkylation sites (N-methyl/N-ethyl adjacent to an activating group) is 1. The highest BCUT2D eigenvalue weighted by Gasteiger charge is 2.33. The number of hydrogen-bond donors (Lipinski definition) is 2. The minimum Gasteiger partial charge on any atom is -0.388 e. The first-order chi connectivity index (χ1) is 8.98. The first-order valence-electron chi connectivity index (χ1n) is 6.80. The molecular weight excluding hydrogens is 240 g/mol. The summed E-state index contributed by atoms with van der Waals surface area (Å²) in [5.41, 5.74) is 1.24. The predicted octanol–water partition coefficient (Wildman–Crippen LogP) is 2.76. The van der Waals surface area contributed by atoms with E-state index in [1.807, 2.05) is 31.2 Å². The lowest BCUT2D eigenvalue weighted by Gasteiger charge is -2.28. The van der Waals surface area contributed by atoms with Crippen LogP contribution in [0.3, 0.4) is 0 Å². The van der Waals surface area contributed by atoms with E-state index in [0.29, 0.717) is 6.54 Å². The van der Waals surface area contributed by atoms with Gasteiger partial charge in [0, 0.05) is 12.7 Å². The molecule has 2 rings (SSSR count). The molecule has 0 saturated heterocycles. The zero-order valence-corrected chi connectivity index (χ0v) is 11.6. The van der Waals surface area contributed by atoms with Crippen molar-refractivity contribution < 1.29 is 9.90 Å². The number of benzene rings is 1. The van der Waals surface area contributed by atoms with Gasteiger partial charge in [0.1, 0.15) is 0 Å². The normalized spacial score (nSPS) is 17.2. The second-order valence-electron chi connectivity index (χ2n) is 5.58. The quantitative estimate of drug-likeness (QED) is 0.880. The van der Waals surface area contributed by atoms with Crippen LogP contribution in [0.15, 0.2) is 24.3 Å². The van der Waals surface area contributed by atoms with Gasteiger partial charge in [0.05, 0.1) is 12.1 Å². The van der Waals surface area contributed by atoms with Crippen LogP contribution in [0.1, 0.15) is 31.2 Å². The number of amides is 2. The Kier molecular flexibility index (Phi) is 4.10. The molecule has 4 heteroatoms. The van der Waals surface area contributed by atoms with Crippen LogP contribution in [-0.2, 0) is 0 Å². The highest BCUT2D eigenvalue weighted by molar-refractivity contribution is 5.89. The number of carbonyl (C=O) groups is 1. The lowest BCUT2D eigenvalue weighted by atomic mass is 10.0. The van der Waals surface area contributed by atoms with Crippen molar-refractivity contribution in [2.24, 2.45) is 0 Å². The molecule has 1 fully saturated rings. The Hall–Kier alpha value is -1.55. The zero-order chi connectivity index (χ0) is 13.9. The van der Waals surface area contributed by atoms with E-state index in [9.17, 15) is 9.90 Å². The third-order valence-electron chi connectivity index (χ3n) is 3.72. The van der Waals surface area contributed by atoms with Crippen molar-refractivity contribution in [1.82, 2.24) is 4.90 Å². The first-order valence-corrected chi connectivity index (χ1v) is 6.80. The highest BCUT2D eigenvalue weighted by atomic mass is 16.3. The standard InChI is InChI=1S/C15H22N2O2/c1-12-5-7-13(8-6-12)16-14(18)17(2)11-15(19)9-3-4-10-15/h5-8,19H,3-4,9-11H2,1-2H3,(H,16,18). The second-order valence-corrected chi connectivity index (χ2v) is 5.58. The van der Waals surface area contributed by atoms with Gasteiger partial charge in [0.15, 0.2) is 0 Å². The second kappa shape index (κ2) is 5.61. The molecule has 104 valence electrons. The number of anilines is 1. The Morgan fingerprint density at radius 2 is 1.89 bits per heavy atom. The third-order valence-corrected chi connectivity index (χ3v) is 3.72. The van der Waals surface area contributed by atoms with Crippen LogP contribution in [0.25, 0.3) is 0 Å². The van der Waals surface area contributed by atoms with Crippen LogP contribution >= 0.6 is 0 Å². The van der Waals surface area contributed by atoms with Crippen LogP contribution in [0, 0.1) is 6.92 Å². The van der Waals surface area contributed by atoms with Crippen LogP contribution in [0.5, 0.6) is 0 Å². The average molecular weight is 262 g/mol. The van der Waals surface area contributed by atoms with E-state index in [4.69, 9.17) is 0 Å². The molecule has 2 N–H and O–H groups in total. The Morgan fingerprint density at radius 1 is 1.32 bits per heavy atom. The lowest BCUT2D eigenvalue weighted by Crippen LogP contribution is -2.43. The van der Waals surface area contributed by atoms with Gasteiger partial charge < -0.3 is 15.3 Å². The van der Waals surface area contributed by atoms with Crippen LogP contribution in [0.4, 0.5) is 10.5 Å². The van der Waals surface area contributed by atoms with Crippen molar-refractivity contribution in [1.29, 1.82) is 0 Å². The summed E-state index contributed by atoms with van der Waals surface area (Å²) in [4.78, 5) is 13.6. The maximum absolute atomic E-state index is 12.0. The summed E-state index contributed by atoms with van der Waals surface area (Å²) < 4.78 is 0. The number of carbonyl (C=O) groups excluding carboxylic acids is 1. The van der Waals surface area contributed by atoms with Crippen LogP contribution < -0.4 is 5.32 Å². The predicted molar refractivity (Wildman–Crippen MR) is 76.2 cm³/mol. The smallest absolute Gasteiger partial charge is 0.321 e. The Balaban J connectivity index is 1.90. The van der Waals surface area contributed by atoms with E-state index in [-0.39, 0.29) is 6.03 Å². The SMILES string of the molecule is Cc1ccc(NC(=O)N(C)CC2(O)CCCC2)cc1. The third kappa shape index (κ3) is 3.70. The van der Waals surface area contributed by atoms with Crippen molar-refractivity contribution in [2.45, 2.75) is 38.2 Å². The number of urea groups is 1. The molecule has 0 radical (unpaired) electrons. The van der Waals surface area contributed by atoms with Gasteiger partial charge in [0.2, 0.25) is 0 Å². The number of aryl methyl sites for hydroxylation is 1. The highest BCUT2D eigenvalue weighted by Crippen LogP contribution is 2.30. The largest absolute Gasteiger partial charge is 0.388 e. The van der Waals surface area contributed by atoms with E-state index in [1.54, 1.807) is 11.9 Å². The van der Waals surface area contributed by atoms with Crippen LogP contribution in [0.2, 0.25) is 0 Å². The number of nitrogens with zero attached hydrogens (tertiary/aromatic N) is 1. The van der Waals surface area contributed by atoms with Gasteiger partial charge in [-0.25, -0.2) is 4.79 Å². The molecule has 0 bridgehead atoms. The maximum atomic E-state index is 12.0. The Bertz CT molecular complexity index is 436. The summed E-state index contributed by atoms with van der Waals surface area (Å²) in [6.07, 6.45) is 3.66. The minimum absolute atomic E-state index is 0.177. The van der Waals surface area contributed by atoms with Gasteiger partial charge in [0.25, 0.3) is 0 Å². The van der Waals surface area contributed by atoms with E-state index in [2.05, 4.69) is 5.32 Å². The van der Waals surface area contributed by atoms with Gasteiger partial charge in [-0.1, -0.05) is 30.5 Å². The van der Waals surface area contributed by atoms with E-state index in [0.717, 1.165) is 36.9 Å². The van der Waals surface area contributed by atoms with E-state index in [1.165, 1.54) is 0 Å². The Labute approximate surface area is 114 Å².